The van der Waals surface area contributed by atoms with Crippen LogP contribution in [0.25, 0.3) is 22.2 Å². The maximum absolute atomic E-state index is 13.0. The van der Waals surface area contributed by atoms with E-state index in [9.17, 15) is 14.4 Å². The number of methoxy groups -OCH3 is 1. The molecule has 4 rings (SSSR count). The first-order chi connectivity index (χ1) is 15.5. The standard InChI is InChI=1S/C24H22N4O4/c1-3-27-15-25-21-19(16-7-5-4-6-8-16)13-28(22(21)23(27)30)14-20(29)26-18-11-9-17(10-12-18)24(31)32-2/h4-13,15H,3,14H2,1-2H3,(H,26,29). The Bertz CT molecular complexity index is 1340. The molecule has 0 radical (unpaired) electrons. The summed E-state index contributed by atoms with van der Waals surface area (Å²) in [5.41, 5.74) is 3.36. The molecule has 2 heterocycles. The number of aromatic nitrogens is 3. The molecule has 0 unspecified atom stereocenters. The number of carbonyl (C=O) groups excluding carboxylic acids is 2. The van der Waals surface area contributed by atoms with Gasteiger partial charge in [0.05, 0.1) is 19.0 Å². The van der Waals surface area contributed by atoms with Crippen LogP contribution in [0, 0.1) is 0 Å². The van der Waals surface area contributed by atoms with E-state index in [1.165, 1.54) is 18.0 Å². The van der Waals surface area contributed by atoms with Gasteiger partial charge >= 0.3 is 5.97 Å². The van der Waals surface area contributed by atoms with Crippen molar-refractivity contribution in [2.45, 2.75) is 20.0 Å². The van der Waals surface area contributed by atoms with Gasteiger partial charge in [-0.3, -0.25) is 14.2 Å². The van der Waals surface area contributed by atoms with Gasteiger partial charge in [0.2, 0.25) is 5.91 Å². The van der Waals surface area contributed by atoms with Crippen molar-refractivity contribution in [3.8, 4) is 11.1 Å². The molecule has 32 heavy (non-hydrogen) atoms. The van der Waals surface area contributed by atoms with Crippen LogP contribution in [0.15, 0.2) is 71.9 Å². The molecule has 4 aromatic rings. The van der Waals surface area contributed by atoms with Crippen molar-refractivity contribution in [1.29, 1.82) is 0 Å². The molecule has 8 nitrogen and oxygen atoms in total. The molecule has 2 aromatic heterocycles. The molecule has 0 atom stereocenters. The number of aryl methyl sites for hydroxylation is 1. The van der Waals surface area contributed by atoms with Crippen LogP contribution in [-0.2, 0) is 22.6 Å². The average Bonchev–Trinajstić information content (AvgIpc) is 3.18. The fraction of sp³-hybridized carbons (Fsp3) is 0.167. The molecule has 1 N–H and O–H groups in total. The van der Waals surface area contributed by atoms with Gasteiger partial charge in [-0.15, -0.1) is 0 Å². The number of nitrogens with one attached hydrogen (secondary N) is 1. The van der Waals surface area contributed by atoms with Crippen LogP contribution in [-0.4, -0.2) is 33.1 Å². The van der Waals surface area contributed by atoms with Crippen LogP contribution >= 0.6 is 0 Å². The van der Waals surface area contributed by atoms with Gasteiger partial charge in [-0.05, 0) is 36.8 Å². The molecule has 0 fully saturated rings. The summed E-state index contributed by atoms with van der Waals surface area (Å²) in [5.74, 6) is -0.756. The maximum atomic E-state index is 13.0. The zero-order valence-electron chi connectivity index (χ0n) is 17.7. The average molecular weight is 430 g/mol. The number of nitrogens with zero attached hydrogens (tertiary/aromatic N) is 3. The van der Waals surface area contributed by atoms with E-state index in [0.29, 0.717) is 28.8 Å². The maximum Gasteiger partial charge on any atom is 0.337 e. The van der Waals surface area contributed by atoms with E-state index >= 15 is 0 Å². The van der Waals surface area contributed by atoms with Crippen LogP contribution < -0.4 is 10.9 Å². The van der Waals surface area contributed by atoms with Crippen molar-refractivity contribution in [1.82, 2.24) is 14.1 Å². The molecule has 0 saturated heterocycles. The quantitative estimate of drug-likeness (QED) is 0.474. The molecule has 2 aromatic carbocycles. The van der Waals surface area contributed by atoms with Gasteiger partial charge in [-0.1, -0.05) is 30.3 Å². The Labute approximate surface area is 184 Å². The second-order valence-electron chi connectivity index (χ2n) is 7.19. The lowest BCUT2D eigenvalue weighted by molar-refractivity contribution is -0.116. The number of rotatable bonds is 6. The summed E-state index contributed by atoms with van der Waals surface area (Å²) in [4.78, 5) is 41.8. The van der Waals surface area contributed by atoms with E-state index in [2.05, 4.69) is 15.0 Å². The van der Waals surface area contributed by atoms with Crippen LogP contribution in [0.5, 0.6) is 0 Å². The largest absolute Gasteiger partial charge is 0.465 e. The normalized spacial score (nSPS) is 10.8. The summed E-state index contributed by atoms with van der Waals surface area (Å²) in [7, 11) is 1.31. The molecule has 0 saturated carbocycles. The number of ether oxygens (including phenoxy) is 1. The second kappa shape index (κ2) is 8.89. The van der Waals surface area contributed by atoms with Crippen LogP contribution in [0.2, 0.25) is 0 Å². The van der Waals surface area contributed by atoms with E-state index in [0.717, 1.165) is 11.1 Å². The lowest BCUT2D eigenvalue weighted by Crippen LogP contribution is -2.24. The number of amides is 1. The minimum Gasteiger partial charge on any atom is -0.465 e. The number of carbonyl (C=O) groups is 2. The topological polar surface area (TPSA) is 95.2 Å². The van der Waals surface area contributed by atoms with E-state index in [1.54, 1.807) is 35.0 Å². The lowest BCUT2D eigenvalue weighted by Gasteiger charge is -2.08. The summed E-state index contributed by atoms with van der Waals surface area (Å²) in [6, 6.07) is 16.0. The molecule has 8 heteroatoms. The Morgan fingerprint density at radius 2 is 1.75 bits per heavy atom. The third kappa shape index (κ3) is 4.02. The highest BCUT2D eigenvalue weighted by Gasteiger charge is 2.18. The third-order valence-electron chi connectivity index (χ3n) is 5.17. The van der Waals surface area contributed by atoms with Crippen molar-refractivity contribution < 1.29 is 14.3 Å². The van der Waals surface area contributed by atoms with E-state index in [1.807, 2.05) is 37.3 Å². The zero-order chi connectivity index (χ0) is 22.7. The highest BCUT2D eigenvalue weighted by atomic mass is 16.5. The summed E-state index contributed by atoms with van der Waals surface area (Å²) in [6.07, 6.45) is 3.32. The molecular formula is C24H22N4O4. The number of benzene rings is 2. The monoisotopic (exact) mass is 430 g/mol. The van der Waals surface area contributed by atoms with E-state index in [-0.39, 0.29) is 18.0 Å². The molecular weight excluding hydrogens is 408 g/mol. The Balaban J connectivity index is 1.67. The zero-order valence-corrected chi connectivity index (χ0v) is 17.7. The minimum absolute atomic E-state index is 0.0628. The lowest BCUT2D eigenvalue weighted by atomic mass is 10.1. The number of anilines is 1. The van der Waals surface area contributed by atoms with Crippen molar-refractivity contribution in [2.75, 3.05) is 12.4 Å². The Hall–Kier alpha value is -4.20. The third-order valence-corrected chi connectivity index (χ3v) is 5.17. The highest BCUT2D eigenvalue weighted by Crippen LogP contribution is 2.27. The number of hydrogen-bond donors (Lipinski definition) is 1. The fourth-order valence-electron chi connectivity index (χ4n) is 3.56. The minimum atomic E-state index is -0.449. The Morgan fingerprint density at radius 1 is 1.03 bits per heavy atom. The van der Waals surface area contributed by atoms with Gasteiger partial charge in [0.1, 0.15) is 17.6 Å². The predicted octanol–water partition coefficient (Wildman–Crippen LogP) is 3.31. The summed E-state index contributed by atoms with van der Waals surface area (Å²) in [6.45, 7) is 2.28. The van der Waals surface area contributed by atoms with Gasteiger partial charge in [-0.25, -0.2) is 9.78 Å². The molecule has 0 aliphatic carbocycles. The van der Waals surface area contributed by atoms with E-state index in [4.69, 9.17) is 0 Å². The molecule has 0 spiro atoms. The Kier molecular flexibility index (Phi) is 5.85. The Morgan fingerprint density at radius 3 is 2.41 bits per heavy atom. The van der Waals surface area contributed by atoms with Crippen molar-refractivity contribution >= 4 is 28.6 Å². The first-order valence-electron chi connectivity index (χ1n) is 10.1. The van der Waals surface area contributed by atoms with Gasteiger partial charge in [0, 0.05) is 24.0 Å². The summed E-state index contributed by atoms with van der Waals surface area (Å²) < 4.78 is 7.83. The molecule has 0 aliphatic rings. The van der Waals surface area contributed by atoms with Gasteiger partial charge in [-0.2, -0.15) is 0 Å². The van der Waals surface area contributed by atoms with Crippen molar-refractivity contribution in [3.63, 3.8) is 0 Å². The van der Waals surface area contributed by atoms with Gasteiger partial charge in [0.15, 0.2) is 0 Å². The summed E-state index contributed by atoms with van der Waals surface area (Å²) in [5, 5.41) is 2.80. The van der Waals surface area contributed by atoms with Crippen molar-refractivity contribution in [2.24, 2.45) is 0 Å². The smallest absolute Gasteiger partial charge is 0.337 e. The van der Waals surface area contributed by atoms with E-state index < -0.39 is 5.97 Å². The number of hydrogen-bond acceptors (Lipinski definition) is 5. The summed E-state index contributed by atoms with van der Waals surface area (Å²) >= 11 is 0. The highest BCUT2D eigenvalue weighted by molar-refractivity contribution is 5.96. The van der Waals surface area contributed by atoms with Gasteiger partial charge < -0.3 is 14.6 Å². The molecule has 162 valence electrons. The first-order valence-corrected chi connectivity index (χ1v) is 10.1. The molecule has 0 aliphatic heterocycles. The fourth-order valence-corrected chi connectivity index (χ4v) is 3.56. The predicted molar refractivity (Wildman–Crippen MR) is 122 cm³/mol. The molecule has 1 amide bonds. The van der Waals surface area contributed by atoms with Crippen LogP contribution in [0.3, 0.4) is 0 Å². The number of fused-ring (bicyclic) bond motifs is 1. The second-order valence-corrected chi connectivity index (χ2v) is 7.19. The number of esters is 1. The van der Waals surface area contributed by atoms with Gasteiger partial charge in [0.25, 0.3) is 5.56 Å². The molecule has 0 bridgehead atoms. The SMILES string of the molecule is CCn1cnc2c(-c3ccccc3)cn(CC(=O)Nc3ccc(C(=O)OC)cc3)c2c1=O. The first kappa shape index (κ1) is 21.0. The van der Waals surface area contributed by atoms with Crippen LogP contribution in [0.1, 0.15) is 17.3 Å². The van der Waals surface area contributed by atoms with Crippen molar-refractivity contribution in [3.05, 3.63) is 83.0 Å². The van der Waals surface area contributed by atoms with Crippen LogP contribution in [0.4, 0.5) is 5.69 Å².